The summed E-state index contributed by atoms with van der Waals surface area (Å²) < 4.78 is 57.2. The van der Waals surface area contributed by atoms with Gasteiger partial charge in [-0.2, -0.15) is 0 Å². The van der Waals surface area contributed by atoms with Crippen LogP contribution in [-0.2, 0) is 13.8 Å². The average Bonchev–Trinajstić information content (AvgIpc) is 2.92. The molecular formula is C16H17F2N2O5PS. The number of alkyl halides is 2. The number of H-pyrrole nitrogens is 1. The SMILES string of the molecule is Cc1cn([C@H]2C[C@H](F)[C@@](F)(CO[PH](=O)Oc3ccccc3)O2)c(=S)[nH]c1=O. The fourth-order valence-electron chi connectivity index (χ4n) is 2.57. The molecule has 1 aromatic heterocycles. The minimum absolute atomic E-state index is 0.0195. The molecule has 0 bridgehead atoms. The molecular weight excluding hydrogens is 401 g/mol. The molecule has 0 aliphatic carbocycles. The van der Waals surface area contributed by atoms with E-state index in [1.807, 2.05) is 0 Å². The Morgan fingerprint density at radius 2 is 2.15 bits per heavy atom. The van der Waals surface area contributed by atoms with E-state index in [-0.39, 0.29) is 16.9 Å². The second kappa shape index (κ2) is 8.02. The topological polar surface area (TPSA) is 82.5 Å². The monoisotopic (exact) mass is 418 g/mol. The maximum absolute atomic E-state index is 14.8. The van der Waals surface area contributed by atoms with Gasteiger partial charge in [0, 0.05) is 18.2 Å². The van der Waals surface area contributed by atoms with Gasteiger partial charge in [-0.05, 0) is 31.3 Å². The van der Waals surface area contributed by atoms with Crippen molar-refractivity contribution in [3.05, 3.63) is 57.2 Å². The van der Waals surface area contributed by atoms with Crippen molar-refractivity contribution in [3.8, 4) is 5.75 Å². The summed E-state index contributed by atoms with van der Waals surface area (Å²) >= 11 is 5.01. The van der Waals surface area contributed by atoms with Crippen molar-refractivity contribution >= 4 is 20.5 Å². The summed E-state index contributed by atoms with van der Waals surface area (Å²) in [7, 11) is -3.10. The lowest BCUT2D eigenvalue weighted by molar-refractivity contribution is -0.191. The van der Waals surface area contributed by atoms with Crippen LogP contribution in [0.15, 0.2) is 41.3 Å². The highest BCUT2D eigenvalue weighted by molar-refractivity contribution is 7.71. The van der Waals surface area contributed by atoms with E-state index in [4.69, 9.17) is 26.0 Å². The fraction of sp³-hybridized carbons (Fsp3) is 0.375. The molecule has 7 nitrogen and oxygen atoms in total. The second-order valence-electron chi connectivity index (χ2n) is 5.99. The van der Waals surface area contributed by atoms with Crippen LogP contribution in [0.4, 0.5) is 8.78 Å². The number of hydrogen-bond acceptors (Lipinski definition) is 6. The van der Waals surface area contributed by atoms with Crippen molar-refractivity contribution in [2.24, 2.45) is 0 Å². The molecule has 1 aliphatic heterocycles. The molecule has 1 fully saturated rings. The third-order valence-electron chi connectivity index (χ3n) is 4.00. The molecule has 11 heteroatoms. The Hall–Kier alpha value is -1.87. The Labute approximate surface area is 158 Å². The van der Waals surface area contributed by atoms with E-state index in [0.717, 1.165) is 0 Å². The number of aromatic amines is 1. The average molecular weight is 418 g/mol. The number of rotatable bonds is 6. The predicted molar refractivity (Wildman–Crippen MR) is 96.1 cm³/mol. The standard InChI is InChI=1S/C16H17F2N2O5PS/c1-10-8-20(15(27)19-14(10)21)13-7-12(17)16(18,24-13)9-23-26(22)25-11-5-3-2-4-6-11/h2-6,8,12-13,26H,7,9H2,1H3,(H,19,21,27)/t12-,13+,16+/m0/s1. The Bertz CT molecular complexity index is 954. The molecule has 0 saturated carbocycles. The maximum Gasteiger partial charge on any atom is 0.368 e. The first-order valence-corrected chi connectivity index (χ1v) is 9.64. The van der Waals surface area contributed by atoms with E-state index < -0.39 is 38.7 Å². The fourth-order valence-corrected chi connectivity index (χ4v) is 3.53. The molecule has 27 heavy (non-hydrogen) atoms. The molecule has 1 aromatic carbocycles. The molecule has 2 aromatic rings. The Balaban J connectivity index is 1.66. The lowest BCUT2D eigenvalue weighted by Crippen LogP contribution is -2.36. The van der Waals surface area contributed by atoms with Gasteiger partial charge < -0.3 is 9.26 Å². The van der Waals surface area contributed by atoms with Crippen molar-refractivity contribution in [2.45, 2.75) is 31.6 Å². The summed E-state index contributed by atoms with van der Waals surface area (Å²) in [5.74, 6) is -2.53. The van der Waals surface area contributed by atoms with Crippen LogP contribution in [0.1, 0.15) is 18.2 Å². The van der Waals surface area contributed by atoms with Gasteiger partial charge in [0.05, 0.1) is 0 Å². The van der Waals surface area contributed by atoms with Crippen LogP contribution >= 0.6 is 20.5 Å². The van der Waals surface area contributed by atoms with Crippen LogP contribution in [0, 0.1) is 11.7 Å². The van der Waals surface area contributed by atoms with Crippen LogP contribution < -0.4 is 10.1 Å². The van der Waals surface area contributed by atoms with Gasteiger partial charge in [-0.15, -0.1) is 0 Å². The molecule has 146 valence electrons. The number of ether oxygens (including phenoxy) is 1. The number of benzene rings is 1. The van der Waals surface area contributed by atoms with Crippen molar-refractivity contribution < 1.29 is 27.1 Å². The van der Waals surface area contributed by atoms with Crippen LogP contribution in [0.5, 0.6) is 5.75 Å². The van der Waals surface area contributed by atoms with Crippen LogP contribution in [0.2, 0.25) is 0 Å². The first-order valence-electron chi connectivity index (χ1n) is 8.01. The van der Waals surface area contributed by atoms with Crippen LogP contribution in [0.25, 0.3) is 0 Å². The van der Waals surface area contributed by atoms with Crippen molar-refractivity contribution in [1.29, 1.82) is 0 Å². The molecule has 1 aliphatic rings. The number of aryl methyl sites for hydroxylation is 1. The molecule has 1 N–H and O–H groups in total. The smallest absolute Gasteiger partial charge is 0.368 e. The van der Waals surface area contributed by atoms with Gasteiger partial charge in [-0.3, -0.25) is 18.9 Å². The largest absolute Gasteiger partial charge is 0.426 e. The third kappa shape index (κ3) is 4.52. The summed E-state index contributed by atoms with van der Waals surface area (Å²) in [4.78, 5) is 13.9. The van der Waals surface area contributed by atoms with Gasteiger partial charge in [0.25, 0.3) is 11.4 Å². The highest BCUT2D eigenvalue weighted by Crippen LogP contribution is 2.42. The van der Waals surface area contributed by atoms with Gasteiger partial charge >= 0.3 is 8.25 Å². The van der Waals surface area contributed by atoms with E-state index >= 15 is 0 Å². The Kier molecular flexibility index (Phi) is 5.90. The quantitative estimate of drug-likeness (QED) is 0.570. The van der Waals surface area contributed by atoms with Gasteiger partial charge in [0.15, 0.2) is 10.9 Å². The predicted octanol–water partition coefficient (Wildman–Crippen LogP) is 3.62. The van der Waals surface area contributed by atoms with Crippen LogP contribution in [-0.4, -0.2) is 28.2 Å². The first-order chi connectivity index (χ1) is 12.8. The molecule has 4 atom stereocenters. The summed E-state index contributed by atoms with van der Waals surface area (Å²) in [6, 6.07) is 8.18. The lowest BCUT2D eigenvalue weighted by Gasteiger charge is -2.22. The molecule has 2 heterocycles. The number of aromatic nitrogens is 2. The van der Waals surface area contributed by atoms with E-state index in [0.29, 0.717) is 5.56 Å². The zero-order valence-electron chi connectivity index (χ0n) is 14.2. The second-order valence-corrected chi connectivity index (χ2v) is 7.37. The number of halogens is 2. The minimum Gasteiger partial charge on any atom is -0.426 e. The van der Waals surface area contributed by atoms with Gasteiger partial charge in [0.1, 0.15) is 18.6 Å². The number of hydrogen-bond donors (Lipinski definition) is 1. The van der Waals surface area contributed by atoms with Gasteiger partial charge in [0.2, 0.25) is 0 Å². The van der Waals surface area contributed by atoms with E-state index in [2.05, 4.69) is 4.98 Å². The lowest BCUT2D eigenvalue weighted by atomic mass is 10.2. The summed E-state index contributed by atoms with van der Waals surface area (Å²) in [6.45, 7) is 0.621. The summed E-state index contributed by atoms with van der Waals surface area (Å²) in [5.41, 5.74) is -0.0749. The zero-order valence-corrected chi connectivity index (χ0v) is 16.0. The highest BCUT2D eigenvalue weighted by Gasteiger charge is 2.51. The molecule has 0 spiro atoms. The number of nitrogens with zero attached hydrogens (tertiary/aromatic N) is 1. The van der Waals surface area contributed by atoms with E-state index in [9.17, 15) is 18.1 Å². The Morgan fingerprint density at radius 1 is 1.44 bits per heavy atom. The first kappa shape index (κ1) is 19.9. The highest BCUT2D eigenvalue weighted by atomic mass is 32.1. The van der Waals surface area contributed by atoms with E-state index in [1.54, 1.807) is 30.3 Å². The van der Waals surface area contributed by atoms with Crippen molar-refractivity contribution in [2.75, 3.05) is 6.61 Å². The van der Waals surface area contributed by atoms with Crippen LogP contribution in [0.3, 0.4) is 0 Å². The van der Waals surface area contributed by atoms with E-state index in [1.165, 1.54) is 17.7 Å². The molecule has 0 radical (unpaired) electrons. The maximum atomic E-state index is 14.8. The Morgan fingerprint density at radius 3 is 2.85 bits per heavy atom. The minimum atomic E-state index is -3.10. The number of para-hydroxylation sites is 1. The molecule has 3 rings (SSSR count). The molecule has 1 unspecified atom stereocenters. The third-order valence-corrected chi connectivity index (χ3v) is 5.09. The van der Waals surface area contributed by atoms with Crippen molar-refractivity contribution in [3.63, 3.8) is 0 Å². The zero-order chi connectivity index (χ0) is 19.6. The summed E-state index contributed by atoms with van der Waals surface area (Å²) in [5, 5.41) is 0. The normalized spacial score (nSPS) is 26.0. The number of nitrogens with one attached hydrogen (secondary N) is 1. The summed E-state index contributed by atoms with van der Waals surface area (Å²) in [6.07, 6.45) is -2.09. The molecule has 1 saturated heterocycles. The van der Waals surface area contributed by atoms with Gasteiger partial charge in [-0.25, -0.2) is 13.3 Å². The van der Waals surface area contributed by atoms with Crippen molar-refractivity contribution in [1.82, 2.24) is 9.55 Å². The molecule has 0 amide bonds. The van der Waals surface area contributed by atoms with Gasteiger partial charge in [-0.1, -0.05) is 18.2 Å².